The van der Waals surface area contributed by atoms with Gasteiger partial charge in [-0.05, 0) is 42.9 Å². The van der Waals surface area contributed by atoms with E-state index in [2.05, 4.69) is 57.1 Å². The Hall–Kier alpha value is -3.97. The van der Waals surface area contributed by atoms with Crippen molar-refractivity contribution >= 4 is 17.2 Å². The monoisotopic (exact) mass is 477 g/mol. The van der Waals surface area contributed by atoms with Gasteiger partial charge in [0.05, 0.1) is 23.2 Å². The molecule has 5 N–H and O–H groups in total. The van der Waals surface area contributed by atoms with Gasteiger partial charge in [0.15, 0.2) is 0 Å². The number of nitrogens with one attached hydrogen (secondary N) is 3. The first-order valence-corrected chi connectivity index (χ1v) is 12.5. The smallest absolute Gasteiger partial charge is 0.134 e. The Morgan fingerprint density at radius 1 is 1.08 bits per heavy atom. The zero-order valence-electron chi connectivity index (χ0n) is 20.4. The van der Waals surface area contributed by atoms with E-state index in [1.54, 1.807) is 10.9 Å². The zero-order valence-corrected chi connectivity index (χ0v) is 20.4. The molecule has 4 aromatic rings. The second kappa shape index (κ2) is 9.24. The molecule has 2 aromatic carbocycles. The molecule has 2 bridgehead atoms. The number of pyridine rings is 1. The number of piperidine rings is 1. The van der Waals surface area contributed by atoms with Crippen LogP contribution in [0.5, 0.6) is 0 Å². The molecular weight excluding hydrogens is 446 g/mol. The predicted molar refractivity (Wildman–Crippen MR) is 144 cm³/mol. The molecule has 36 heavy (non-hydrogen) atoms. The molecule has 2 aromatic heterocycles. The average molecular weight is 478 g/mol. The number of benzene rings is 2. The Morgan fingerprint density at radius 2 is 1.86 bits per heavy atom. The second-order valence-electron chi connectivity index (χ2n) is 10.0. The Labute approximate surface area is 211 Å². The number of hydrogen-bond acceptors (Lipinski definition) is 6. The van der Waals surface area contributed by atoms with Crippen molar-refractivity contribution in [2.24, 2.45) is 13.0 Å². The number of nitrogen functional groups attached to an aromatic ring is 1. The van der Waals surface area contributed by atoms with E-state index in [1.807, 2.05) is 37.6 Å². The van der Waals surface area contributed by atoms with Crippen LogP contribution in [0.1, 0.15) is 35.1 Å². The van der Waals surface area contributed by atoms with Crippen molar-refractivity contribution < 1.29 is 0 Å². The fraction of sp³-hybridized carbons (Fsp3) is 0.276. The van der Waals surface area contributed by atoms with E-state index in [-0.39, 0.29) is 0 Å². The maximum Gasteiger partial charge on any atom is 0.134 e. The van der Waals surface area contributed by atoms with Crippen LogP contribution in [0.15, 0.2) is 73.2 Å². The minimum Gasteiger partial charge on any atom is -0.383 e. The van der Waals surface area contributed by atoms with E-state index in [1.165, 1.54) is 17.5 Å². The molecule has 1 saturated heterocycles. The van der Waals surface area contributed by atoms with Crippen LogP contribution in [-0.2, 0) is 13.5 Å². The first-order valence-electron chi connectivity index (χ1n) is 12.5. The summed E-state index contributed by atoms with van der Waals surface area (Å²) in [6, 6.07) is 19.4. The van der Waals surface area contributed by atoms with Crippen LogP contribution in [0.3, 0.4) is 0 Å². The number of anilines is 2. The van der Waals surface area contributed by atoms with Crippen LogP contribution in [0.4, 0.5) is 11.5 Å². The van der Waals surface area contributed by atoms with Crippen molar-refractivity contribution in [3.8, 4) is 11.1 Å². The molecule has 0 radical (unpaired) electrons. The Morgan fingerprint density at radius 3 is 2.53 bits per heavy atom. The largest absolute Gasteiger partial charge is 0.383 e. The fourth-order valence-corrected chi connectivity index (χ4v) is 5.67. The lowest BCUT2D eigenvalue weighted by atomic mass is 9.95. The summed E-state index contributed by atoms with van der Waals surface area (Å²) in [7, 11) is 1.90. The first-order chi connectivity index (χ1) is 17.5. The normalized spacial score (nSPS) is 20.5. The zero-order chi connectivity index (χ0) is 24.6. The number of nitrogens with two attached hydrogens (primary N) is 1. The summed E-state index contributed by atoms with van der Waals surface area (Å²) in [6.45, 7) is 1.09. The molecular formula is C29H31N7. The van der Waals surface area contributed by atoms with E-state index < -0.39 is 0 Å². The maximum atomic E-state index is 9.19. The number of aromatic nitrogens is 3. The fourth-order valence-electron chi connectivity index (χ4n) is 5.67. The van der Waals surface area contributed by atoms with Gasteiger partial charge in [0, 0.05) is 48.2 Å². The summed E-state index contributed by atoms with van der Waals surface area (Å²) in [4.78, 5) is 4.51. The maximum absolute atomic E-state index is 9.19. The molecule has 7 heteroatoms. The molecule has 0 spiro atoms. The molecule has 2 aliphatic rings. The van der Waals surface area contributed by atoms with Crippen molar-refractivity contribution in [2.75, 3.05) is 17.6 Å². The number of rotatable bonds is 7. The summed E-state index contributed by atoms with van der Waals surface area (Å²) in [6.07, 6.45) is 8.78. The Balaban J connectivity index is 1.36. The highest BCUT2D eigenvalue weighted by Gasteiger charge is 2.40. The molecule has 3 atom stereocenters. The van der Waals surface area contributed by atoms with E-state index in [0.717, 1.165) is 41.8 Å². The van der Waals surface area contributed by atoms with Crippen molar-refractivity contribution in [2.45, 2.75) is 31.3 Å². The molecule has 7 nitrogen and oxygen atoms in total. The molecule has 1 aliphatic heterocycles. The summed E-state index contributed by atoms with van der Waals surface area (Å²) in [5.74, 6) is 1.06. The highest BCUT2D eigenvalue weighted by Crippen LogP contribution is 2.39. The molecule has 182 valence electrons. The van der Waals surface area contributed by atoms with Crippen molar-refractivity contribution in [1.82, 2.24) is 20.1 Å². The predicted octanol–water partition coefficient (Wildman–Crippen LogP) is 4.23. The van der Waals surface area contributed by atoms with Gasteiger partial charge in [-0.1, -0.05) is 54.6 Å². The van der Waals surface area contributed by atoms with Crippen LogP contribution >= 0.6 is 0 Å². The van der Waals surface area contributed by atoms with E-state index in [4.69, 9.17) is 5.73 Å². The third kappa shape index (κ3) is 4.27. The molecule has 3 unspecified atom stereocenters. The summed E-state index contributed by atoms with van der Waals surface area (Å²) in [5.41, 5.74) is 13.5. The average Bonchev–Trinajstić information content (AvgIpc) is 3.63. The number of fused-ring (bicyclic) bond motifs is 2. The number of hydrogen-bond donors (Lipinski definition) is 4. The van der Waals surface area contributed by atoms with Crippen LogP contribution in [-0.4, -0.2) is 39.1 Å². The summed E-state index contributed by atoms with van der Waals surface area (Å²) < 4.78 is 1.78. The van der Waals surface area contributed by atoms with Gasteiger partial charge < -0.3 is 16.4 Å². The van der Waals surface area contributed by atoms with E-state index in [0.29, 0.717) is 35.1 Å². The van der Waals surface area contributed by atoms with Crippen molar-refractivity contribution in [3.05, 3.63) is 95.4 Å². The Kier molecular flexibility index (Phi) is 5.77. The molecule has 1 aliphatic carbocycles. The van der Waals surface area contributed by atoms with Crippen LogP contribution in [0.25, 0.3) is 11.1 Å². The molecule has 6 rings (SSSR count). The summed E-state index contributed by atoms with van der Waals surface area (Å²) in [5, 5.41) is 21.0. The van der Waals surface area contributed by atoms with Crippen LogP contribution in [0, 0.1) is 11.3 Å². The molecule has 1 saturated carbocycles. The van der Waals surface area contributed by atoms with Gasteiger partial charge in [-0.25, -0.2) is 4.98 Å². The topological polar surface area (TPSA) is 105 Å². The third-order valence-electron chi connectivity index (χ3n) is 7.53. The van der Waals surface area contributed by atoms with Gasteiger partial charge in [0.2, 0.25) is 0 Å². The number of aryl methyl sites for hydroxylation is 1. The third-order valence-corrected chi connectivity index (χ3v) is 7.53. The van der Waals surface area contributed by atoms with E-state index >= 15 is 0 Å². The highest BCUT2D eigenvalue weighted by molar-refractivity contribution is 6.18. The van der Waals surface area contributed by atoms with Crippen LogP contribution < -0.4 is 16.4 Å². The lowest BCUT2D eigenvalue weighted by Crippen LogP contribution is -2.41. The van der Waals surface area contributed by atoms with E-state index in [9.17, 15) is 5.41 Å². The van der Waals surface area contributed by atoms with Gasteiger partial charge in [-0.2, -0.15) is 5.10 Å². The SMILES string of the molecule is Cn1cc(-c2cnc(N)c(C(=N)c3ccc(Cc4ccccc4)cc3)c2NC2CC3CNC2C3)cn1. The molecule has 3 heterocycles. The minimum atomic E-state index is 0.292. The van der Waals surface area contributed by atoms with Gasteiger partial charge in [0.1, 0.15) is 5.82 Å². The van der Waals surface area contributed by atoms with Gasteiger partial charge >= 0.3 is 0 Å². The lowest BCUT2D eigenvalue weighted by molar-refractivity contribution is 0.466. The van der Waals surface area contributed by atoms with Crippen molar-refractivity contribution in [1.29, 1.82) is 5.41 Å². The van der Waals surface area contributed by atoms with Gasteiger partial charge in [-0.15, -0.1) is 0 Å². The highest BCUT2D eigenvalue weighted by atomic mass is 15.2. The summed E-state index contributed by atoms with van der Waals surface area (Å²) >= 11 is 0. The first kappa shape index (κ1) is 22.5. The standard InChI is InChI=1S/C29H31N7/c1-36-17-22(15-34-36)23-16-33-29(31)26(28(23)35-25-13-20-12-24(25)32-14-20)27(30)21-9-7-19(8-10-21)11-18-5-3-2-4-6-18/h2-10,15-17,20,24-25,30,32H,11-14H2,1H3,(H3,31,33,35). The van der Waals surface area contributed by atoms with Crippen LogP contribution in [0.2, 0.25) is 0 Å². The molecule has 0 amide bonds. The second-order valence-corrected chi connectivity index (χ2v) is 10.0. The van der Waals surface area contributed by atoms with Crippen molar-refractivity contribution in [3.63, 3.8) is 0 Å². The minimum absolute atomic E-state index is 0.292. The Bertz CT molecular complexity index is 1390. The van der Waals surface area contributed by atoms with Gasteiger partial charge in [-0.3, -0.25) is 10.1 Å². The quantitative estimate of drug-likeness (QED) is 0.298. The molecule has 2 fully saturated rings. The van der Waals surface area contributed by atoms with Gasteiger partial charge in [0.25, 0.3) is 0 Å². The lowest BCUT2D eigenvalue weighted by Gasteiger charge is -2.28. The number of nitrogens with zero attached hydrogens (tertiary/aromatic N) is 3.